The van der Waals surface area contributed by atoms with E-state index in [9.17, 15) is 13.2 Å². The van der Waals surface area contributed by atoms with Crippen molar-refractivity contribution in [3.63, 3.8) is 0 Å². The van der Waals surface area contributed by atoms with E-state index in [4.69, 9.17) is 4.74 Å². The third-order valence-corrected chi connectivity index (χ3v) is 9.96. The minimum atomic E-state index is -3.41. The summed E-state index contributed by atoms with van der Waals surface area (Å²) in [4.78, 5) is 17.9. The quantitative estimate of drug-likeness (QED) is 0.642. The van der Waals surface area contributed by atoms with Crippen molar-refractivity contribution in [1.82, 2.24) is 14.1 Å². The molecule has 0 saturated carbocycles. The molecule has 9 heteroatoms. The monoisotopic (exact) mass is 475 g/mol. The summed E-state index contributed by atoms with van der Waals surface area (Å²) in [5, 5.41) is 0. The Morgan fingerprint density at radius 3 is 2.56 bits per heavy atom. The Bertz CT molecular complexity index is 1080. The fourth-order valence-electron chi connectivity index (χ4n) is 4.66. The Labute approximate surface area is 193 Å². The van der Waals surface area contributed by atoms with Crippen LogP contribution in [0.4, 0.5) is 0 Å². The molecule has 0 unspecified atom stereocenters. The molecule has 0 radical (unpaired) electrons. The average molecular weight is 476 g/mol. The number of hydrogen-bond donors (Lipinski definition) is 0. The Kier molecular flexibility index (Phi) is 6.24. The van der Waals surface area contributed by atoms with Gasteiger partial charge >= 0.3 is 0 Å². The van der Waals surface area contributed by atoms with Crippen LogP contribution < -0.4 is 4.74 Å². The second-order valence-corrected chi connectivity index (χ2v) is 12.0. The molecular weight excluding hydrogens is 446 g/mol. The molecule has 3 aliphatic heterocycles. The van der Waals surface area contributed by atoms with Crippen LogP contribution in [0.1, 0.15) is 28.8 Å². The first-order valence-corrected chi connectivity index (χ1v) is 13.6. The third-order valence-electron chi connectivity index (χ3n) is 6.51. The number of ether oxygens (including phenoxy) is 1. The van der Waals surface area contributed by atoms with Crippen LogP contribution >= 0.6 is 11.3 Å². The molecule has 4 heterocycles. The molecule has 0 atom stereocenters. The zero-order valence-corrected chi connectivity index (χ0v) is 19.8. The van der Waals surface area contributed by atoms with Crippen LogP contribution in [-0.2, 0) is 34.2 Å². The molecule has 3 aliphatic rings. The molecule has 2 fully saturated rings. The van der Waals surface area contributed by atoms with Crippen LogP contribution in [-0.4, -0.2) is 74.3 Å². The maximum atomic E-state index is 12.8. The van der Waals surface area contributed by atoms with E-state index < -0.39 is 10.0 Å². The summed E-state index contributed by atoms with van der Waals surface area (Å²) in [6.45, 7) is 5.95. The van der Waals surface area contributed by atoms with Crippen LogP contribution in [0.15, 0.2) is 34.5 Å². The third kappa shape index (κ3) is 4.57. The number of hydrogen-bond acceptors (Lipinski definition) is 6. The Hall–Kier alpha value is -1.94. The van der Waals surface area contributed by atoms with Gasteiger partial charge in [0.1, 0.15) is 9.96 Å². The van der Waals surface area contributed by atoms with E-state index in [0.717, 1.165) is 56.1 Å². The maximum absolute atomic E-state index is 12.8. The lowest BCUT2D eigenvalue weighted by atomic mass is 10.1. The van der Waals surface area contributed by atoms with Gasteiger partial charge in [-0.15, -0.1) is 11.3 Å². The standard InChI is InChI=1S/C23H29N3O4S2/c27-22(16-20-4-6-23(31-20)32(28,29)26-8-1-2-9-26)25-12-10-24(11-13-25)17-18-3-5-21-19(15-18)7-14-30-21/h3-6,15H,1-2,7-14,16-17H2. The summed E-state index contributed by atoms with van der Waals surface area (Å²) in [6.07, 6.45) is 3.09. The van der Waals surface area contributed by atoms with Gasteiger partial charge in [-0.1, -0.05) is 12.1 Å². The van der Waals surface area contributed by atoms with E-state index in [0.29, 0.717) is 30.4 Å². The number of fused-ring (bicyclic) bond motifs is 1. The molecule has 32 heavy (non-hydrogen) atoms. The highest BCUT2D eigenvalue weighted by Gasteiger charge is 2.29. The van der Waals surface area contributed by atoms with Crippen LogP contribution in [0.25, 0.3) is 0 Å². The lowest BCUT2D eigenvalue weighted by Gasteiger charge is -2.34. The van der Waals surface area contributed by atoms with Gasteiger partial charge in [0.05, 0.1) is 13.0 Å². The topological polar surface area (TPSA) is 70.2 Å². The first-order chi connectivity index (χ1) is 15.5. The normalized spacial score (nSPS) is 19.8. The number of benzene rings is 1. The molecule has 0 spiro atoms. The largest absolute Gasteiger partial charge is 0.493 e. The molecule has 1 amide bonds. The van der Waals surface area contributed by atoms with Crippen LogP contribution in [0.2, 0.25) is 0 Å². The molecular formula is C23H29N3O4S2. The molecule has 1 aromatic carbocycles. The molecule has 1 aromatic heterocycles. The predicted molar refractivity (Wildman–Crippen MR) is 124 cm³/mol. The minimum Gasteiger partial charge on any atom is -0.493 e. The summed E-state index contributed by atoms with van der Waals surface area (Å²) >= 11 is 1.23. The number of rotatable bonds is 6. The average Bonchev–Trinajstić information content (AvgIpc) is 3.55. The number of sulfonamides is 1. The van der Waals surface area contributed by atoms with Gasteiger partial charge in [-0.3, -0.25) is 9.69 Å². The Morgan fingerprint density at radius 1 is 1.00 bits per heavy atom. The van der Waals surface area contributed by atoms with Gasteiger partial charge in [-0.05, 0) is 42.2 Å². The number of thiophene rings is 1. The van der Waals surface area contributed by atoms with Gasteiger partial charge in [0, 0.05) is 57.1 Å². The molecule has 7 nitrogen and oxygen atoms in total. The number of carbonyl (C=O) groups is 1. The fourth-order valence-corrected chi connectivity index (χ4v) is 7.68. The molecule has 2 aromatic rings. The van der Waals surface area contributed by atoms with Crippen molar-refractivity contribution >= 4 is 27.3 Å². The summed E-state index contributed by atoms with van der Waals surface area (Å²) in [6, 6.07) is 9.88. The van der Waals surface area contributed by atoms with Crippen molar-refractivity contribution in [1.29, 1.82) is 0 Å². The van der Waals surface area contributed by atoms with E-state index >= 15 is 0 Å². The molecule has 0 aliphatic carbocycles. The number of nitrogens with zero attached hydrogens (tertiary/aromatic N) is 3. The molecule has 0 N–H and O–H groups in total. The van der Waals surface area contributed by atoms with Crippen molar-refractivity contribution in [3.05, 3.63) is 46.3 Å². The smallest absolute Gasteiger partial charge is 0.252 e. The second-order valence-electron chi connectivity index (χ2n) is 8.71. The summed E-state index contributed by atoms with van der Waals surface area (Å²) in [7, 11) is -3.41. The molecule has 2 saturated heterocycles. The molecule has 5 rings (SSSR count). The highest BCUT2D eigenvalue weighted by atomic mass is 32.2. The zero-order chi connectivity index (χ0) is 22.1. The highest BCUT2D eigenvalue weighted by molar-refractivity contribution is 7.91. The molecule has 172 valence electrons. The minimum absolute atomic E-state index is 0.0753. The van der Waals surface area contributed by atoms with Gasteiger partial charge in [0.15, 0.2) is 0 Å². The van der Waals surface area contributed by atoms with Gasteiger partial charge in [0.25, 0.3) is 10.0 Å². The van der Waals surface area contributed by atoms with E-state index in [1.54, 1.807) is 16.4 Å². The fraction of sp³-hybridized carbons (Fsp3) is 0.522. The van der Waals surface area contributed by atoms with E-state index in [-0.39, 0.29) is 12.3 Å². The van der Waals surface area contributed by atoms with Crippen molar-refractivity contribution in [2.24, 2.45) is 0 Å². The van der Waals surface area contributed by atoms with Gasteiger partial charge < -0.3 is 9.64 Å². The van der Waals surface area contributed by atoms with Crippen molar-refractivity contribution in [2.45, 2.75) is 36.4 Å². The van der Waals surface area contributed by atoms with Crippen molar-refractivity contribution < 1.29 is 17.9 Å². The van der Waals surface area contributed by atoms with Crippen LogP contribution in [0.5, 0.6) is 5.75 Å². The SMILES string of the molecule is O=C(Cc1ccc(S(=O)(=O)N2CCCC2)s1)N1CCN(Cc2ccc3c(c2)CCO3)CC1. The van der Waals surface area contributed by atoms with Crippen molar-refractivity contribution in [3.8, 4) is 5.75 Å². The lowest BCUT2D eigenvalue weighted by molar-refractivity contribution is -0.132. The Morgan fingerprint density at radius 2 is 1.78 bits per heavy atom. The first-order valence-electron chi connectivity index (χ1n) is 11.3. The number of amides is 1. The number of carbonyl (C=O) groups excluding carboxylic acids is 1. The van der Waals surface area contributed by atoms with Crippen LogP contribution in [0, 0.1) is 0 Å². The number of piperazine rings is 1. The lowest BCUT2D eigenvalue weighted by Crippen LogP contribution is -2.48. The van der Waals surface area contributed by atoms with Crippen molar-refractivity contribution in [2.75, 3.05) is 45.9 Å². The van der Waals surface area contributed by atoms with E-state index in [2.05, 4.69) is 23.1 Å². The predicted octanol–water partition coefficient (Wildman–Crippen LogP) is 2.35. The highest BCUT2D eigenvalue weighted by Crippen LogP contribution is 2.28. The molecule has 0 bridgehead atoms. The van der Waals surface area contributed by atoms with Gasteiger partial charge in [-0.2, -0.15) is 4.31 Å². The van der Waals surface area contributed by atoms with E-state index in [1.165, 1.54) is 22.5 Å². The zero-order valence-electron chi connectivity index (χ0n) is 18.2. The van der Waals surface area contributed by atoms with E-state index in [1.807, 2.05) is 4.90 Å². The Balaban J connectivity index is 1.13. The maximum Gasteiger partial charge on any atom is 0.252 e. The van der Waals surface area contributed by atoms with Gasteiger partial charge in [-0.25, -0.2) is 8.42 Å². The summed E-state index contributed by atoms with van der Waals surface area (Å²) in [5.74, 6) is 1.08. The first kappa shape index (κ1) is 21.9. The summed E-state index contributed by atoms with van der Waals surface area (Å²) < 4.78 is 32.9. The van der Waals surface area contributed by atoms with Gasteiger partial charge in [0.2, 0.25) is 5.91 Å². The van der Waals surface area contributed by atoms with Crippen LogP contribution in [0.3, 0.4) is 0 Å². The summed E-state index contributed by atoms with van der Waals surface area (Å²) in [5.41, 5.74) is 2.58. The second kappa shape index (κ2) is 9.13.